The smallest absolute Gasteiger partial charge is 0.123 e. The number of ether oxygens (including phenoxy) is 2. The number of para-hydroxylation sites is 1. The highest BCUT2D eigenvalue weighted by atomic mass is 19.1. The lowest BCUT2D eigenvalue weighted by Gasteiger charge is -2.08. The third-order valence-corrected chi connectivity index (χ3v) is 2.68. The van der Waals surface area contributed by atoms with Gasteiger partial charge >= 0.3 is 0 Å². The van der Waals surface area contributed by atoms with Crippen molar-refractivity contribution >= 4 is 0 Å². The predicted molar refractivity (Wildman–Crippen MR) is 72.7 cm³/mol. The van der Waals surface area contributed by atoms with E-state index in [1.54, 1.807) is 0 Å². The summed E-state index contributed by atoms with van der Waals surface area (Å²) in [5.74, 6) is 0.405. The van der Waals surface area contributed by atoms with Gasteiger partial charge in [0.05, 0.1) is 24.8 Å². The molecule has 0 saturated carbocycles. The van der Waals surface area contributed by atoms with Gasteiger partial charge in [-0.2, -0.15) is 5.26 Å². The minimum atomic E-state index is -0.372. The lowest BCUT2D eigenvalue weighted by Crippen LogP contribution is -2.07. The number of hydrogen-bond donors (Lipinski definition) is 0. The van der Waals surface area contributed by atoms with Crippen LogP contribution >= 0.6 is 0 Å². The van der Waals surface area contributed by atoms with Crippen LogP contribution < -0.4 is 4.74 Å². The van der Waals surface area contributed by atoms with Crippen LogP contribution in [0, 0.1) is 17.1 Å². The van der Waals surface area contributed by atoms with Gasteiger partial charge in [0.15, 0.2) is 0 Å². The molecule has 2 aromatic carbocycles. The number of nitrogens with zero attached hydrogens (tertiary/aromatic N) is 1. The molecule has 2 aromatic rings. The highest BCUT2D eigenvalue weighted by Gasteiger charge is 2.04. The summed E-state index contributed by atoms with van der Waals surface area (Å²) in [6.45, 7) is 0.969. The standard InChI is InChI=1S/C16H14FNO2/c17-15-7-6-13(11-18)14(10-15)12-19-8-9-20-16-4-2-1-3-5-16/h1-7,10H,8-9,12H2. The SMILES string of the molecule is N#Cc1ccc(F)cc1COCCOc1ccccc1. The first-order valence-electron chi connectivity index (χ1n) is 6.24. The van der Waals surface area contributed by atoms with Gasteiger partial charge in [-0.3, -0.25) is 0 Å². The van der Waals surface area contributed by atoms with E-state index in [0.717, 1.165) is 5.75 Å². The van der Waals surface area contributed by atoms with Gasteiger partial charge in [0.1, 0.15) is 18.2 Å². The Hall–Kier alpha value is -2.38. The first kappa shape index (κ1) is 14.0. The molecule has 3 nitrogen and oxygen atoms in total. The van der Waals surface area contributed by atoms with E-state index < -0.39 is 0 Å². The van der Waals surface area contributed by atoms with Gasteiger partial charge in [-0.25, -0.2) is 4.39 Å². The number of benzene rings is 2. The third-order valence-electron chi connectivity index (χ3n) is 2.68. The molecule has 0 aromatic heterocycles. The molecule has 20 heavy (non-hydrogen) atoms. The molecule has 0 aliphatic heterocycles. The van der Waals surface area contributed by atoms with Crippen molar-refractivity contribution in [2.24, 2.45) is 0 Å². The van der Waals surface area contributed by atoms with Crippen molar-refractivity contribution < 1.29 is 13.9 Å². The fraction of sp³-hybridized carbons (Fsp3) is 0.188. The van der Waals surface area contributed by atoms with Crippen LogP contribution in [0.4, 0.5) is 4.39 Å². The van der Waals surface area contributed by atoms with E-state index in [9.17, 15) is 4.39 Å². The van der Waals surface area contributed by atoms with Crippen LogP contribution in [0.25, 0.3) is 0 Å². The molecular formula is C16H14FNO2. The van der Waals surface area contributed by atoms with Gasteiger partial charge in [0, 0.05) is 0 Å². The van der Waals surface area contributed by atoms with E-state index in [0.29, 0.717) is 24.3 Å². The van der Waals surface area contributed by atoms with Crippen molar-refractivity contribution in [3.63, 3.8) is 0 Å². The Bertz CT molecular complexity index is 593. The van der Waals surface area contributed by atoms with Crippen molar-refractivity contribution in [3.05, 3.63) is 65.5 Å². The maximum absolute atomic E-state index is 13.1. The van der Waals surface area contributed by atoms with Crippen molar-refractivity contribution in [3.8, 4) is 11.8 Å². The molecule has 0 bridgehead atoms. The summed E-state index contributed by atoms with van der Waals surface area (Å²) in [7, 11) is 0. The van der Waals surface area contributed by atoms with Crippen LogP contribution in [-0.4, -0.2) is 13.2 Å². The van der Waals surface area contributed by atoms with Gasteiger partial charge < -0.3 is 9.47 Å². The molecule has 0 radical (unpaired) electrons. The van der Waals surface area contributed by atoms with Crippen LogP contribution in [0.5, 0.6) is 5.75 Å². The minimum Gasteiger partial charge on any atom is -0.491 e. The molecule has 102 valence electrons. The van der Waals surface area contributed by atoms with Crippen LogP contribution in [-0.2, 0) is 11.3 Å². The zero-order valence-electron chi connectivity index (χ0n) is 10.9. The topological polar surface area (TPSA) is 42.2 Å². The molecule has 2 rings (SSSR count). The van der Waals surface area contributed by atoms with Gasteiger partial charge in [0.2, 0.25) is 0 Å². The van der Waals surface area contributed by atoms with E-state index in [4.69, 9.17) is 14.7 Å². The van der Waals surface area contributed by atoms with Crippen molar-refractivity contribution in [1.82, 2.24) is 0 Å². The Kier molecular flexibility index (Phi) is 5.10. The molecule has 0 amide bonds. The summed E-state index contributed by atoms with van der Waals surface area (Å²) < 4.78 is 23.9. The summed E-state index contributed by atoms with van der Waals surface area (Å²) in [6, 6.07) is 15.5. The van der Waals surface area contributed by atoms with Crippen LogP contribution in [0.2, 0.25) is 0 Å². The van der Waals surface area contributed by atoms with Crippen LogP contribution in [0.1, 0.15) is 11.1 Å². The van der Waals surface area contributed by atoms with E-state index in [-0.39, 0.29) is 12.4 Å². The number of hydrogen-bond acceptors (Lipinski definition) is 3. The summed E-state index contributed by atoms with van der Waals surface area (Å²) in [5, 5.41) is 8.91. The maximum Gasteiger partial charge on any atom is 0.123 e. The van der Waals surface area contributed by atoms with Gasteiger partial charge in [0.25, 0.3) is 0 Å². The molecule has 0 aliphatic carbocycles. The normalized spacial score (nSPS) is 10.0. The summed E-state index contributed by atoms with van der Waals surface area (Å²) in [4.78, 5) is 0. The quantitative estimate of drug-likeness (QED) is 0.757. The molecule has 0 atom stereocenters. The molecule has 4 heteroatoms. The second-order valence-electron chi connectivity index (χ2n) is 4.13. The van der Waals surface area contributed by atoms with Crippen molar-refractivity contribution in [1.29, 1.82) is 5.26 Å². The second-order valence-corrected chi connectivity index (χ2v) is 4.13. The number of halogens is 1. The number of rotatable bonds is 6. The fourth-order valence-corrected chi connectivity index (χ4v) is 1.71. The molecule has 0 aliphatic rings. The average Bonchev–Trinajstić information content (AvgIpc) is 2.48. The largest absolute Gasteiger partial charge is 0.491 e. The Morgan fingerprint density at radius 1 is 1.05 bits per heavy atom. The zero-order chi connectivity index (χ0) is 14.2. The van der Waals surface area contributed by atoms with E-state index in [1.165, 1.54) is 18.2 Å². The summed E-state index contributed by atoms with van der Waals surface area (Å²) in [5.41, 5.74) is 0.975. The molecule has 0 unspecified atom stereocenters. The highest BCUT2D eigenvalue weighted by Crippen LogP contribution is 2.12. The molecule has 0 heterocycles. The van der Waals surface area contributed by atoms with E-state index in [2.05, 4.69) is 0 Å². The number of nitriles is 1. The van der Waals surface area contributed by atoms with Crippen LogP contribution in [0.15, 0.2) is 48.5 Å². The van der Waals surface area contributed by atoms with Gasteiger partial charge in [-0.1, -0.05) is 18.2 Å². The maximum atomic E-state index is 13.1. The van der Waals surface area contributed by atoms with Gasteiger partial charge in [-0.05, 0) is 35.9 Å². The Labute approximate surface area is 117 Å². The Balaban J connectivity index is 1.76. The van der Waals surface area contributed by atoms with Gasteiger partial charge in [-0.15, -0.1) is 0 Å². The second kappa shape index (κ2) is 7.27. The zero-order valence-corrected chi connectivity index (χ0v) is 10.9. The molecule has 0 N–H and O–H groups in total. The fourth-order valence-electron chi connectivity index (χ4n) is 1.71. The lowest BCUT2D eigenvalue weighted by molar-refractivity contribution is 0.0886. The average molecular weight is 271 g/mol. The molecule has 0 spiro atoms. The third kappa shape index (κ3) is 4.08. The Morgan fingerprint density at radius 2 is 1.85 bits per heavy atom. The first-order valence-corrected chi connectivity index (χ1v) is 6.24. The van der Waals surface area contributed by atoms with Crippen molar-refractivity contribution in [2.45, 2.75) is 6.61 Å². The lowest BCUT2D eigenvalue weighted by atomic mass is 10.1. The summed E-state index contributed by atoms with van der Waals surface area (Å²) >= 11 is 0. The van der Waals surface area contributed by atoms with Crippen molar-refractivity contribution in [2.75, 3.05) is 13.2 Å². The Morgan fingerprint density at radius 3 is 2.60 bits per heavy atom. The molecular weight excluding hydrogens is 257 g/mol. The molecule has 0 fully saturated rings. The van der Waals surface area contributed by atoms with E-state index >= 15 is 0 Å². The summed E-state index contributed by atoms with van der Waals surface area (Å²) in [6.07, 6.45) is 0. The highest BCUT2D eigenvalue weighted by molar-refractivity contribution is 5.37. The monoisotopic (exact) mass is 271 g/mol. The first-order chi connectivity index (χ1) is 9.79. The molecule has 0 saturated heterocycles. The van der Waals surface area contributed by atoms with Crippen LogP contribution in [0.3, 0.4) is 0 Å². The predicted octanol–water partition coefficient (Wildman–Crippen LogP) is 3.29. The van der Waals surface area contributed by atoms with E-state index in [1.807, 2.05) is 36.4 Å². The minimum absolute atomic E-state index is 0.193.